The first-order valence-corrected chi connectivity index (χ1v) is 9.79. The van der Waals surface area contributed by atoms with Gasteiger partial charge in [0.15, 0.2) is 0 Å². The Labute approximate surface area is 155 Å². The van der Waals surface area contributed by atoms with E-state index in [0.717, 1.165) is 29.6 Å². The van der Waals surface area contributed by atoms with Crippen molar-refractivity contribution < 1.29 is 0 Å². The third-order valence-corrected chi connectivity index (χ3v) is 8.32. The van der Waals surface area contributed by atoms with Gasteiger partial charge in [-0.3, -0.25) is 0 Å². The molecule has 100 valence electrons. The minimum absolute atomic E-state index is 0.806. The lowest BCUT2D eigenvalue weighted by atomic mass is 10.0. The molecule has 0 aliphatic carbocycles. The smallest absolute Gasteiger partial charge is 0.0474 e. The molecule has 5 heteroatoms. The quantitative estimate of drug-likeness (QED) is 0.206. The van der Waals surface area contributed by atoms with Crippen LogP contribution in [0, 0.1) is 0 Å². The number of benzene rings is 2. The summed E-state index contributed by atoms with van der Waals surface area (Å²) in [4.78, 5) is 0. The summed E-state index contributed by atoms with van der Waals surface area (Å²) >= 11 is 18.2. The van der Waals surface area contributed by atoms with Gasteiger partial charge < -0.3 is 0 Å². The van der Waals surface area contributed by atoms with E-state index in [1.807, 2.05) is 6.07 Å². The molecule has 0 spiro atoms. The van der Waals surface area contributed by atoms with Crippen LogP contribution >= 0.6 is 79.6 Å². The Morgan fingerprint density at radius 3 is 1.74 bits per heavy atom. The second kappa shape index (κ2) is 7.21. The molecule has 2 rings (SSSR count). The fourth-order valence-electron chi connectivity index (χ4n) is 1.85. The van der Waals surface area contributed by atoms with Gasteiger partial charge in [0.2, 0.25) is 0 Å². The van der Waals surface area contributed by atoms with E-state index in [1.165, 1.54) is 16.7 Å². The molecule has 0 atom stereocenters. The summed E-state index contributed by atoms with van der Waals surface area (Å²) < 4.78 is 4.26. The Morgan fingerprint density at radius 2 is 1.21 bits per heavy atom. The highest BCUT2D eigenvalue weighted by Crippen LogP contribution is 2.43. The van der Waals surface area contributed by atoms with E-state index in [-0.39, 0.29) is 0 Å². The van der Waals surface area contributed by atoms with E-state index in [2.05, 4.69) is 104 Å². The lowest BCUT2D eigenvalue weighted by molar-refractivity contribution is 1.12. The number of hydrogen-bond acceptors (Lipinski definition) is 0. The van der Waals surface area contributed by atoms with Crippen LogP contribution < -0.4 is 0 Å². The van der Waals surface area contributed by atoms with Gasteiger partial charge in [-0.25, -0.2) is 0 Å². The Balaban J connectivity index is 2.56. The maximum absolute atomic E-state index is 3.70. The average molecular weight is 577 g/mol. The minimum atomic E-state index is 0.806. The lowest BCUT2D eigenvalue weighted by Gasteiger charge is -2.16. The van der Waals surface area contributed by atoms with Crippen molar-refractivity contribution in [3.8, 4) is 0 Å². The van der Waals surface area contributed by atoms with Crippen LogP contribution in [0.25, 0.3) is 0 Å². The van der Waals surface area contributed by atoms with Crippen molar-refractivity contribution in [1.29, 1.82) is 0 Å². The van der Waals surface area contributed by atoms with Crippen LogP contribution in [0.3, 0.4) is 0 Å². The molecule has 0 saturated heterocycles. The first-order valence-electron chi connectivity index (χ1n) is 5.49. The molecule has 0 fully saturated rings. The molecule has 0 nitrogen and oxygen atoms in total. The summed E-state index contributed by atoms with van der Waals surface area (Å²) in [6.45, 7) is 0. The maximum Gasteiger partial charge on any atom is 0.0474 e. The van der Waals surface area contributed by atoms with Crippen LogP contribution in [0.4, 0.5) is 0 Å². The predicted octanol–water partition coefficient (Wildman–Crippen LogP) is 7.22. The van der Waals surface area contributed by atoms with Crippen LogP contribution in [0.5, 0.6) is 0 Å². The third-order valence-electron chi connectivity index (χ3n) is 2.83. The Hall–Kier alpha value is 0.840. The maximum atomic E-state index is 3.70. The van der Waals surface area contributed by atoms with Gasteiger partial charge in [-0.2, -0.15) is 0 Å². The number of alkyl halides is 1. The SMILES string of the molecule is BrCc1c(Br)c(Br)c(Br)c(Br)c1Cc1ccccc1. The van der Waals surface area contributed by atoms with Gasteiger partial charge >= 0.3 is 0 Å². The third kappa shape index (κ3) is 3.54. The van der Waals surface area contributed by atoms with Crippen LogP contribution in [0.1, 0.15) is 16.7 Å². The van der Waals surface area contributed by atoms with Gasteiger partial charge in [0.1, 0.15) is 0 Å². The molecule has 2 aromatic rings. The summed E-state index contributed by atoms with van der Waals surface area (Å²) in [6, 6.07) is 10.5. The topological polar surface area (TPSA) is 0 Å². The molecule has 0 radical (unpaired) electrons. The van der Waals surface area contributed by atoms with Gasteiger partial charge in [0, 0.05) is 23.2 Å². The zero-order chi connectivity index (χ0) is 14.0. The molecule has 0 unspecified atom stereocenters. The van der Waals surface area contributed by atoms with Crippen molar-refractivity contribution in [1.82, 2.24) is 0 Å². The Kier molecular flexibility index (Phi) is 6.15. The summed E-state index contributed by atoms with van der Waals surface area (Å²) in [5.41, 5.74) is 3.84. The molecule has 0 aromatic heterocycles. The molecule has 19 heavy (non-hydrogen) atoms. The first-order chi connectivity index (χ1) is 9.06. The summed E-state index contributed by atoms with van der Waals surface area (Å²) in [7, 11) is 0. The largest absolute Gasteiger partial charge is 0.0876 e. The zero-order valence-electron chi connectivity index (χ0n) is 9.69. The molecule has 0 aliphatic rings. The van der Waals surface area contributed by atoms with Crippen LogP contribution in [0.15, 0.2) is 48.2 Å². The highest BCUT2D eigenvalue weighted by Gasteiger charge is 2.18. The Bertz CT molecular complexity index is 593. The molecule has 0 saturated carbocycles. The normalized spacial score (nSPS) is 10.8. The highest BCUT2D eigenvalue weighted by molar-refractivity contribution is 9.15. The predicted molar refractivity (Wildman–Crippen MR) is 99.1 cm³/mol. The number of hydrogen-bond donors (Lipinski definition) is 0. The van der Waals surface area contributed by atoms with Crippen molar-refractivity contribution in [3.63, 3.8) is 0 Å². The van der Waals surface area contributed by atoms with Crippen molar-refractivity contribution in [2.75, 3.05) is 0 Å². The molecule has 0 bridgehead atoms. The van der Waals surface area contributed by atoms with Gasteiger partial charge in [0.05, 0.1) is 0 Å². The number of rotatable bonds is 3. The molecule has 0 amide bonds. The molecular formula is C14H9Br5. The monoisotopic (exact) mass is 572 g/mol. The van der Waals surface area contributed by atoms with E-state index >= 15 is 0 Å². The fraction of sp³-hybridized carbons (Fsp3) is 0.143. The molecule has 0 heterocycles. The Morgan fingerprint density at radius 1 is 0.684 bits per heavy atom. The van der Waals surface area contributed by atoms with Crippen LogP contribution in [-0.4, -0.2) is 0 Å². The van der Waals surface area contributed by atoms with Crippen molar-refractivity contribution in [2.45, 2.75) is 11.8 Å². The van der Waals surface area contributed by atoms with Crippen molar-refractivity contribution in [2.24, 2.45) is 0 Å². The molecule has 0 aliphatic heterocycles. The van der Waals surface area contributed by atoms with Crippen molar-refractivity contribution >= 4 is 79.6 Å². The second-order valence-electron chi connectivity index (χ2n) is 4.01. The van der Waals surface area contributed by atoms with Crippen LogP contribution in [0.2, 0.25) is 0 Å². The minimum Gasteiger partial charge on any atom is -0.0876 e. The van der Waals surface area contributed by atoms with Gasteiger partial charge in [0.25, 0.3) is 0 Å². The van der Waals surface area contributed by atoms with E-state index in [0.29, 0.717) is 0 Å². The first kappa shape index (κ1) is 16.2. The van der Waals surface area contributed by atoms with E-state index in [4.69, 9.17) is 0 Å². The standard InChI is InChI=1S/C14H9Br5/c15-7-10-9(6-8-4-2-1-3-5-8)11(16)13(18)14(19)12(10)17/h1-5H,6-7H2. The average Bonchev–Trinajstić information content (AvgIpc) is 2.44. The second-order valence-corrected chi connectivity index (χ2v) is 7.74. The van der Waals surface area contributed by atoms with E-state index in [1.54, 1.807) is 0 Å². The van der Waals surface area contributed by atoms with Crippen LogP contribution in [-0.2, 0) is 11.8 Å². The van der Waals surface area contributed by atoms with Gasteiger partial charge in [-0.1, -0.05) is 46.3 Å². The van der Waals surface area contributed by atoms with Crippen molar-refractivity contribution in [3.05, 3.63) is 64.9 Å². The number of halogens is 5. The van der Waals surface area contributed by atoms with E-state index < -0.39 is 0 Å². The summed E-state index contributed by atoms with van der Waals surface area (Å²) in [5, 5.41) is 0.806. The zero-order valence-corrected chi connectivity index (χ0v) is 17.6. The lowest BCUT2D eigenvalue weighted by Crippen LogP contribution is -1.99. The van der Waals surface area contributed by atoms with E-state index in [9.17, 15) is 0 Å². The molecule has 2 aromatic carbocycles. The molecular weight excluding hydrogens is 568 g/mol. The molecule has 0 N–H and O–H groups in total. The van der Waals surface area contributed by atoms with Gasteiger partial charge in [-0.05, 0) is 86.8 Å². The summed E-state index contributed by atoms with van der Waals surface area (Å²) in [6.07, 6.45) is 0.896. The summed E-state index contributed by atoms with van der Waals surface area (Å²) in [5.74, 6) is 0. The fourth-order valence-corrected chi connectivity index (χ4v) is 5.40. The highest BCUT2D eigenvalue weighted by atomic mass is 79.9. The van der Waals surface area contributed by atoms with Gasteiger partial charge in [-0.15, -0.1) is 0 Å².